The van der Waals surface area contributed by atoms with Crippen molar-refractivity contribution in [1.29, 1.82) is 0 Å². The first-order valence-corrected chi connectivity index (χ1v) is 2.55. The van der Waals surface area contributed by atoms with Gasteiger partial charge in [0, 0.05) is 0 Å². The molecule has 0 amide bonds. The Hall–Kier alpha value is 1.84. The summed E-state index contributed by atoms with van der Waals surface area (Å²) in [6, 6.07) is 0. The van der Waals surface area contributed by atoms with E-state index in [4.69, 9.17) is 29.8 Å². The molecule has 0 spiro atoms. The number of hydrogen-bond donors (Lipinski definition) is 5. The third-order valence-electron chi connectivity index (χ3n) is 0. The summed E-state index contributed by atoms with van der Waals surface area (Å²) >= 11 is 0. The zero-order chi connectivity index (χ0) is 6.50. The summed E-state index contributed by atoms with van der Waals surface area (Å²) in [5.74, 6) is 0. The topological polar surface area (TPSA) is 118 Å². The summed E-state index contributed by atoms with van der Waals surface area (Å²) in [6.07, 6.45) is 0. The van der Waals surface area contributed by atoms with Gasteiger partial charge in [0.15, 0.2) is 0 Å². The second-order valence-corrected chi connectivity index (χ2v) is 1.54. The van der Waals surface area contributed by atoms with E-state index >= 15 is 0 Å². The minimum absolute atomic E-state index is 0. The van der Waals surface area contributed by atoms with Crippen LogP contribution in [-0.4, -0.2) is 83.4 Å². The van der Waals surface area contributed by atoms with Gasteiger partial charge in [0.2, 0.25) is 0 Å². The quantitative estimate of drug-likeness (QED) is 0.191. The van der Waals surface area contributed by atoms with Crippen molar-refractivity contribution in [3.63, 3.8) is 0 Å². The predicted molar refractivity (Wildman–Crippen MR) is 26.7 cm³/mol. The van der Waals surface area contributed by atoms with Crippen LogP contribution in [0.5, 0.6) is 0 Å². The SMILES string of the molecule is O=P(O)(O)O.OO.[RbH]. The standard InChI is InChI=1S/H3O4P.H2O2.Rb.H/c1-5(2,3)4;1-2;;/h(H3,1,2,3,4);1-2H;;. The molecule has 0 heterocycles. The van der Waals surface area contributed by atoms with Crippen molar-refractivity contribution in [2.45, 2.75) is 0 Å². The van der Waals surface area contributed by atoms with Gasteiger partial charge in [-0.3, -0.25) is 10.5 Å². The summed E-state index contributed by atoms with van der Waals surface area (Å²) < 4.78 is 8.88. The molecule has 0 aliphatic carbocycles. The van der Waals surface area contributed by atoms with Gasteiger partial charge in [-0.05, 0) is 0 Å². The van der Waals surface area contributed by atoms with Gasteiger partial charge >= 0.3 is 66.0 Å². The van der Waals surface area contributed by atoms with Crippen LogP contribution >= 0.6 is 7.82 Å². The number of hydrogen-bond acceptors (Lipinski definition) is 3. The van der Waals surface area contributed by atoms with Gasteiger partial charge in [-0.1, -0.05) is 0 Å². The molecule has 0 rings (SSSR count). The summed E-state index contributed by atoms with van der Waals surface area (Å²) in [6.45, 7) is 0. The average Bonchev–Trinajstić information content (AvgIpc) is 1.36. The first-order valence-electron chi connectivity index (χ1n) is 0.983. The molecule has 0 aromatic carbocycles. The molecule has 0 bridgehead atoms. The second-order valence-electron chi connectivity index (χ2n) is 0.513. The summed E-state index contributed by atoms with van der Waals surface area (Å²) in [7, 11) is -4.64. The summed E-state index contributed by atoms with van der Waals surface area (Å²) in [5.41, 5.74) is 0. The third kappa shape index (κ3) is 109. The first kappa shape index (κ1) is 16.4. The van der Waals surface area contributed by atoms with Gasteiger partial charge < -0.3 is 14.7 Å². The van der Waals surface area contributed by atoms with Crippen molar-refractivity contribution in [1.82, 2.24) is 0 Å². The van der Waals surface area contributed by atoms with Crippen LogP contribution in [0.2, 0.25) is 0 Å². The fourth-order valence-corrected chi connectivity index (χ4v) is 0. The first-order chi connectivity index (χ1) is 3.00. The van der Waals surface area contributed by atoms with Crippen LogP contribution in [0.1, 0.15) is 0 Å². The second kappa shape index (κ2) is 8.84. The number of phosphoric acid groups is 1. The van der Waals surface area contributed by atoms with E-state index in [-0.39, 0.29) is 58.2 Å². The van der Waals surface area contributed by atoms with Crippen LogP contribution in [0.3, 0.4) is 0 Å². The average molecular weight is 218 g/mol. The Morgan fingerprint density at radius 2 is 1.00 bits per heavy atom. The normalized spacial score (nSPS) is 8.12. The molecule has 0 saturated heterocycles. The van der Waals surface area contributed by atoms with Gasteiger partial charge in [0.25, 0.3) is 0 Å². The van der Waals surface area contributed by atoms with Crippen LogP contribution in [0.25, 0.3) is 0 Å². The van der Waals surface area contributed by atoms with Crippen molar-refractivity contribution in [3.05, 3.63) is 0 Å². The molecule has 0 atom stereocenters. The molecule has 0 fully saturated rings. The van der Waals surface area contributed by atoms with E-state index in [0.29, 0.717) is 0 Å². The van der Waals surface area contributed by atoms with E-state index in [2.05, 4.69) is 0 Å². The van der Waals surface area contributed by atoms with E-state index in [1.54, 1.807) is 0 Å². The predicted octanol–water partition coefficient (Wildman–Crippen LogP) is -1.56. The van der Waals surface area contributed by atoms with Crippen molar-refractivity contribution >= 4 is 66.0 Å². The Morgan fingerprint density at radius 3 is 1.00 bits per heavy atom. The Balaban J connectivity index is -0.0000000750. The van der Waals surface area contributed by atoms with E-state index < -0.39 is 7.82 Å². The summed E-state index contributed by atoms with van der Waals surface area (Å²) in [4.78, 5) is 21.6. The van der Waals surface area contributed by atoms with Crippen molar-refractivity contribution in [3.8, 4) is 0 Å². The molecular weight excluding hydrogens is 212 g/mol. The van der Waals surface area contributed by atoms with E-state index in [1.165, 1.54) is 0 Å². The molecule has 0 saturated carbocycles. The van der Waals surface area contributed by atoms with Crippen molar-refractivity contribution < 1.29 is 29.8 Å². The maximum atomic E-state index is 8.88. The van der Waals surface area contributed by atoms with Gasteiger partial charge in [-0.2, -0.15) is 0 Å². The van der Waals surface area contributed by atoms with Gasteiger partial charge in [-0.25, -0.2) is 4.57 Å². The zero-order valence-electron chi connectivity index (χ0n) is 3.09. The molecule has 8 heavy (non-hydrogen) atoms. The molecule has 6 nitrogen and oxygen atoms in total. The Morgan fingerprint density at radius 1 is 1.00 bits per heavy atom. The molecule has 0 radical (unpaired) electrons. The fraction of sp³-hybridized carbons (Fsp3) is 0. The van der Waals surface area contributed by atoms with Gasteiger partial charge in [0.1, 0.15) is 0 Å². The molecule has 0 unspecified atom stereocenters. The van der Waals surface area contributed by atoms with Crippen LogP contribution in [0.15, 0.2) is 0 Å². The van der Waals surface area contributed by atoms with Crippen LogP contribution in [-0.2, 0) is 4.57 Å². The molecular formula is H6O6PRb. The molecule has 48 valence electrons. The molecule has 0 aromatic rings. The summed E-state index contributed by atoms with van der Waals surface area (Å²) in [5, 5.41) is 12.0. The van der Waals surface area contributed by atoms with E-state index in [0.717, 1.165) is 0 Å². The Kier molecular flexibility index (Phi) is 18.1. The fourth-order valence-electron chi connectivity index (χ4n) is 0. The molecule has 0 aliphatic heterocycles. The minimum atomic E-state index is -4.64. The monoisotopic (exact) mass is 218 g/mol. The van der Waals surface area contributed by atoms with Crippen LogP contribution < -0.4 is 0 Å². The van der Waals surface area contributed by atoms with Crippen molar-refractivity contribution in [2.24, 2.45) is 0 Å². The maximum absolute atomic E-state index is 8.88. The third-order valence-corrected chi connectivity index (χ3v) is 0. The zero-order valence-corrected chi connectivity index (χ0v) is 3.99. The van der Waals surface area contributed by atoms with E-state index in [9.17, 15) is 0 Å². The molecule has 8 heteroatoms. The van der Waals surface area contributed by atoms with Crippen LogP contribution in [0.4, 0.5) is 0 Å². The molecule has 5 N–H and O–H groups in total. The van der Waals surface area contributed by atoms with Crippen molar-refractivity contribution in [2.75, 3.05) is 0 Å². The van der Waals surface area contributed by atoms with Crippen LogP contribution in [0, 0.1) is 0 Å². The van der Waals surface area contributed by atoms with Gasteiger partial charge in [0.05, 0.1) is 0 Å². The number of rotatable bonds is 0. The van der Waals surface area contributed by atoms with E-state index in [1.807, 2.05) is 0 Å². The Labute approximate surface area is 94.1 Å². The molecule has 0 aliphatic rings. The van der Waals surface area contributed by atoms with Gasteiger partial charge in [-0.15, -0.1) is 0 Å². The molecule has 0 aromatic heterocycles. The Bertz CT molecular complexity index is 54.7.